The molecule has 1 atom stereocenters. The highest BCUT2D eigenvalue weighted by molar-refractivity contribution is 5.87. The molecule has 1 aliphatic heterocycles. The third-order valence-corrected chi connectivity index (χ3v) is 4.15. The molecule has 2 heterocycles. The second-order valence-electron chi connectivity index (χ2n) is 6.01. The molecule has 1 unspecified atom stereocenters. The molecule has 0 spiro atoms. The maximum absolute atomic E-state index is 11.1. The summed E-state index contributed by atoms with van der Waals surface area (Å²) in [5.41, 5.74) is 2.19. The summed E-state index contributed by atoms with van der Waals surface area (Å²) >= 11 is 0. The number of amides is 1. The van der Waals surface area contributed by atoms with Crippen molar-refractivity contribution in [3.63, 3.8) is 0 Å². The number of hydrogen-bond donors (Lipinski definition) is 2. The van der Waals surface area contributed by atoms with Gasteiger partial charge in [0.05, 0.1) is 12.6 Å². The van der Waals surface area contributed by atoms with Gasteiger partial charge in [0, 0.05) is 38.8 Å². The number of rotatable bonds is 5. The Kier molecular flexibility index (Phi) is 4.73. The molecule has 1 aromatic heterocycles. The van der Waals surface area contributed by atoms with E-state index in [1.165, 1.54) is 12.5 Å². The minimum atomic E-state index is -0.102. The Hall–Kier alpha value is -2.18. The highest BCUT2D eigenvalue weighted by Gasteiger charge is 2.24. The van der Waals surface area contributed by atoms with Gasteiger partial charge in [-0.15, -0.1) is 0 Å². The fourth-order valence-corrected chi connectivity index (χ4v) is 2.97. The number of hydrogen-bond acceptors (Lipinski definition) is 4. The van der Waals surface area contributed by atoms with Crippen LogP contribution in [0.4, 0.5) is 5.82 Å². The van der Waals surface area contributed by atoms with Gasteiger partial charge in [0.2, 0.25) is 5.91 Å². The molecule has 2 N–H and O–H groups in total. The van der Waals surface area contributed by atoms with Crippen molar-refractivity contribution in [2.24, 2.45) is 0 Å². The van der Waals surface area contributed by atoms with Gasteiger partial charge >= 0.3 is 0 Å². The molecular weight excluding hydrogens is 292 g/mol. The van der Waals surface area contributed by atoms with Crippen LogP contribution in [-0.2, 0) is 17.9 Å². The van der Waals surface area contributed by atoms with Gasteiger partial charge in [-0.1, -0.05) is 24.3 Å². The Balaban J connectivity index is 1.57. The molecule has 0 saturated carbocycles. The number of aromatic nitrogens is 2. The molecule has 2 aromatic rings. The van der Waals surface area contributed by atoms with Crippen LogP contribution in [-0.4, -0.2) is 38.8 Å². The van der Waals surface area contributed by atoms with E-state index in [4.69, 9.17) is 5.11 Å². The van der Waals surface area contributed by atoms with E-state index in [1.807, 2.05) is 29.1 Å². The van der Waals surface area contributed by atoms with Crippen LogP contribution < -0.4 is 5.32 Å². The fourth-order valence-electron chi connectivity index (χ4n) is 2.97. The van der Waals surface area contributed by atoms with E-state index in [2.05, 4.69) is 27.4 Å². The van der Waals surface area contributed by atoms with Crippen molar-refractivity contribution in [2.75, 3.05) is 18.4 Å². The molecule has 0 aliphatic carbocycles. The van der Waals surface area contributed by atoms with E-state index in [-0.39, 0.29) is 12.5 Å². The molecule has 0 radical (unpaired) electrons. The average Bonchev–Trinajstić information content (AvgIpc) is 3.17. The lowest BCUT2D eigenvalue weighted by Crippen LogP contribution is -2.21. The smallest absolute Gasteiger partial charge is 0.222 e. The first-order valence-electron chi connectivity index (χ1n) is 7.88. The Morgan fingerprint density at radius 1 is 1.30 bits per heavy atom. The lowest BCUT2D eigenvalue weighted by Gasteiger charge is -2.16. The third-order valence-electron chi connectivity index (χ3n) is 4.15. The first kappa shape index (κ1) is 15.7. The van der Waals surface area contributed by atoms with E-state index in [0.717, 1.165) is 31.6 Å². The van der Waals surface area contributed by atoms with E-state index >= 15 is 0 Å². The molecule has 1 amide bonds. The Bertz CT molecular complexity index is 665. The topological polar surface area (TPSA) is 70.4 Å². The molecular formula is C17H22N4O2. The molecule has 1 aliphatic rings. The predicted octanol–water partition coefficient (Wildman–Crippen LogP) is 1.78. The molecule has 0 bridgehead atoms. The number of nitrogens with one attached hydrogen (secondary N) is 1. The number of benzene rings is 1. The summed E-state index contributed by atoms with van der Waals surface area (Å²) in [4.78, 5) is 13.5. The summed E-state index contributed by atoms with van der Waals surface area (Å²) in [7, 11) is 0. The lowest BCUT2D eigenvalue weighted by atomic mass is 10.1. The SMILES string of the molecule is CC(=O)Nc1ccn(C2CCN(Cc3ccc(CO)cc3)C2)n1. The fraction of sp³-hybridized carbons (Fsp3) is 0.412. The van der Waals surface area contributed by atoms with E-state index in [0.29, 0.717) is 11.9 Å². The molecule has 3 rings (SSSR count). The summed E-state index contributed by atoms with van der Waals surface area (Å²) in [5, 5.41) is 16.2. The van der Waals surface area contributed by atoms with Crippen molar-refractivity contribution < 1.29 is 9.90 Å². The standard InChI is InChI=1S/C17H22N4O2/c1-13(23)18-17-7-9-21(19-17)16-6-8-20(11-16)10-14-2-4-15(12-22)5-3-14/h2-5,7,9,16,22H,6,8,10-12H2,1H3,(H,18,19,23). The maximum atomic E-state index is 11.1. The van der Waals surface area contributed by atoms with Gasteiger partial charge in [0.15, 0.2) is 5.82 Å². The van der Waals surface area contributed by atoms with Crippen LogP contribution in [0.3, 0.4) is 0 Å². The molecule has 1 aromatic carbocycles. The predicted molar refractivity (Wildman–Crippen MR) is 87.8 cm³/mol. The van der Waals surface area contributed by atoms with Gasteiger partial charge in [-0.3, -0.25) is 14.4 Å². The van der Waals surface area contributed by atoms with Crippen molar-refractivity contribution in [2.45, 2.75) is 32.5 Å². The number of anilines is 1. The number of likely N-dealkylation sites (tertiary alicyclic amines) is 1. The number of carbonyl (C=O) groups is 1. The number of nitrogens with zero attached hydrogens (tertiary/aromatic N) is 3. The van der Waals surface area contributed by atoms with Crippen LogP contribution in [0.25, 0.3) is 0 Å². The zero-order valence-corrected chi connectivity index (χ0v) is 13.3. The van der Waals surface area contributed by atoms with Crippen LogP contribution in [0.2, 0.25) is 0 Å². The summed E-state index contributed by atoms with van der Waals surface area (Å²) in [6.45, 7) is 4.45. The molecule has 122 valence electrons. The molecule has 1 saturated heterocycles. The number of aliphatic hydroxyl groups excluding tert-OH is 1. The first-order valence-corrected chi connectivity index (χ1v) is 7.88. The second-order valence-corrected chi connectivity index (χ2v) is 6.01. The average molecular weight is 314 g/mol. The third kappa shape index (κ3) is 3.97. The van der Waals surface area contributed by atoms with Gasteiger partial charge in [-0.2, -0.15) is 5.10 Å². The summed E-state index contributed by atoms with van der Waals surface area (Å²) < 4.78 is 1.94. The molecule has 6 heteroatoms. The van der Waals surface area contributed by atoms with Crippen LogP contribution >= 0.6 is 0 Å². The highest BCUT2D eigenvalue weighted by Crippen LogP contribution is 2.23. The van der Waals surface area contributed by atoms with Crippen LogP contribution in [0.1, 0.15) is 30.5 Å². The monoisotopic (exact) mass is 314 g/mol. The van der Waals surface area contributed by atoms with Gasteiger partial charge < -0.3 is 10.4 Å². The van der Waals surface area contributed by atoms with Crippen molar-refractivity contribution >= 4 is 11.7 Å². The van der Waals surface area contributed by atoms with Crippen LogP contribution in [0, 0.1) is 0 Å². The maximum Gasteiger partial charge on any atom is 0.222 e. The minimum absolute atomic E-state index is 0.0853. The van der Waals surface area contributed by atoms with Crippen LogP contribution in [0.15, 0.2) is 36.5 Å². The van der Waals surface area contributed by atoms with Crippen molar-refractivity contribution in [3.05, 3.63) is 47.7 Å². The summed E-state index contributed by atoms with van der Waals surface area (Å²) in [6, 6.07) is 10.3. The van der Waals surface area contributed by atoms with Gasteiger partial charge in [0.25, 0.3) is 0 Å². The molecule has 23 heavy (non-hydrogen) atoms. The molecule has 6 nitrogen and oxygen atoms in total. The zero-order valence-electron chi connectivity index (χ0n) is 13.3. The summed E-state index contributed by atoms with van der Waals surface area (Å²) in [5.74, 6) is 0.505. The first-order chi connectivity index (χ1) is 11.1. The van der Waals surface area contributed by atoms with E-state index in [9.17, 15) is 4.79 Å². The van der Waals surface area contributed by atoms with Gasteiger partial charge in [-0.25, -0.2) is 0 Å². The van der Waals surface area contributed by atoms with E-state index in [1.54, 1.807) is 0 Å². The quantitative estimate of drug-likeness (QED) is 0.882. The Morgan fingerprint density at radius 2 is 2.04 bits per heavy atom. The highest BCUT2D eigenvalue weighted by atomic mass is 16.3. The largest absolute Gasteiger partial charge is 0.392 e. The number of carbonyl (C=O) groups excluding carboxylic acids is 1. The zero-order chi connectivity index (χ0) is 16.2. The van der Waals surface area contributed by atoms with Crippen molar-refractivity contribution in [1.82, 2.24) is 14.7 Å². The summed E-state index contributed by atoms with van der Waals surface area (Å²) in [6.07, 6.45) is 2.98. The van der Waals surface area contributed by atoms with Crippen LogP contribution in [0.5, 0.6) is 0 Å². The minimum Gasteiger partial charge on any atom is -0.392 e. The Morgan fingerprint density at radius 3 is 2.74 bits per heavy atom. The van der Waals surface area contributed by atoms with Crippen molar-refractivity contribution in [3.8, 4) is 0 Å². The van der Waals surface area contributed by atoms with Gasteiger partial charge in [0.1, 0.15) is 0 Å². The van der Waals surface area contributed by atoms with E-state index < -0.39 is 0 Å². The normalized spacial score (nSPS) is 18.3. The molecule has 1 fully saturated rings. The lowest BCUT2D eigenvalue weighted by molar-refractivity contribution is -0.114. The number of aliphatic hydroxyl groups is 1. The second kappa shape index (κ2) is 6.93. The van der Waals surface area contributed by atoms with Gasteiger partial charge in [-0.05, 0) is 17.5 Å². The van der Waals surface area contributed by atoms with Crippen molar-refractivity contribution in [1.29, 1.82) is 0 Å². The Labute approximate surface area is 135 Å².